The fourth-order valence-electron chi connectivity index (χ4n) is 2.25. The Labute approximate surface area is 161 Å². The molecule has 1 nitrogen and oxygen atoms in total. The van der Waals surface area contributed by atoms with Crippen molar-refractivity contribution < 1.29 is 29.9 Å². The first-order valence-corrected chi connectivity index (χ1v) is 11.1. The van der Waals surface area contributed by atoms with E-state index in [1.165, 1.54) is 14.7 Å². The summed E-state index contributed by atoms with van der Waals surface area (Å²) in [6.45, 7) is 0. The molecule has 3 rings (SSSR count). The molecule has 0 aliphatic rings. The average Bonchev–Trinajstić information content (AvgIpc) is 2.61. The Morgan fingerprint density at radius 1 is 0.607 bits per heavy atom. The van der Waals surface area contributed by atoms with Crippen molar-refractivity contribution in [3.05, 3.63) is 84.9 Å². The number of benzene rings is 3. The van der Waals surface area contributed by atoms with E-state index in [0.29, 0.717) is 0 Å². The molecular formula is C19H17F6OPS. The van der Waals surface area contributed by atoms with Crippen LogP contribution in [0, 0.1) is 0 Å². The summed E-state index contributed by atoms with van der Waals surface area (Å²) in [5.41, 5.74) is 0. The number of hydrogen-bond donors (Lipinski definition) is 0. The van der Waals surface area contributed by atoms with Crippen LogP contribution in [0.5, 0.6) is 5.75 Å². The number of halogens is 6. The summed E-state index contributed by atoms with van der Waals surface area (Å²) in [6.07, 6.45) is 0. The zero-order valence-corrected chi connectivity index (χ0v) is 16.3. The van der Waals surface area contributed by atoms with Gasteiger partial charge in [0.2, 0.25) is 0 Å². The van der Waals surface area contributed by atoms with Crippen LogP contribution in [0.3, 0.4) is 0 Å². The molecule has 152 valence electrons. The molecule has 0 heterocycles. The van der Waals surface area contributed by atoms with Crippen molar-refractivity contribution in [2.24, 2.45) is 0 Å². The third kappa shape index (κ3) is 8.67. The van der Waals surface area contributed by atoms with Crippen LogP contribution in [-0.2, 0) is 10.9 Å². The van der Waals surface area contributed by atoms with Crippen molar-refractivity contribution in [3.63, 3.8) is 0 Å². The molecule has 0 spiro atoms. The van der Waals surface area contributed by atoms with Crippen LogP contribution in [0.25, 0.3) is 0 Å². The second-order valence-electron chi connectivity index (χ2n) is 5.57. The molecular weight excluding hydrogens is 421 g/mol. The summed E-state index contributed by atoms with van der Waals surface area (Å²) in [7, 11) is -9.05. The molecule has 0 aliphatic heterocycles. The summed E-state index contributed by atoms with van der Waals surface area (Å²) in [6, 6.07) is 29.6. The molecule has 0 saturated carbocycles. The van der Waals surface area contributed by atoms with Gasteiger partial charge in [-0.1, -0.05) is 42.5 Å². The van der Waals surface area contributed by atoms with Gasteiger partial charge in [0.15, 0.2) is 14.7 Å². The Bertz CT molecular complexity index is 851. The average molecular weight is 438 g/mol. The second kappa shape index (κ2) is 7.68. The van der Waals surface area contributed by atoms with Crippen LogP contribution < -0.4 is 4.74 Å². The van der Waals surface area contributed by atoms with Crippen molar-refractivity contribution in [2.75, 3.05) is 7.11 Å². The van der Waals surface area contributed by atoms with E-state index in [1.807, 2.05) is 6.07 Å². The van der Waals surface area contributed by atoms with Crippen LogP contribution in [0.1, 0.15) is 0 Å². The van der Waals surface area contributed by atoms with Crippen molar-refractivity contribution in [3.8, 4) is 5.75 Å². The molecule has 0 aromatic heterocycles. The fourth-order valence-corrected chi connectivity index (χ4v) is 4.37. The second-order valence-corrected chi connectivity index (χ2v) is 9.51. The molecule has 0 radical (unpaired) electrons. The molecule has 0 amide bonds. The summed E-state index contributed by atoms with van der Waals surface area (Å²) in [5, 5.41) is 0. The topological polar surface area (TPSA) is 9.23 Å². The van der Waals surface area contributed by atoms with Gasteiger partial charge in [-0.2, -0.15) is 0 Å². The van der Waals surface area contributed by atoms with E-state index >= 15 is 0 Å². The Kier molecular flexibility index (Phi) is 6.07. The van der Waals surface area contributed by atoms with E-state index in [-0.39, 0.29) is 10.9 Å². The third-order valence-corrected chi connectivity index (χ3v) is 5.45. The molecule has 3 aromatic carbocycles. The summed E-state index contributed by atoms with van der Waals surface area (Å²) < 4.78 is 64.6. The zero-order valence-electron chi connectivity index (χ0n) is 14.6. The predicted molar refractivity (Wildman–Crippen MR) is 102 cm³/mol. The minimum atomic E-state index is -10.7. The third-order valence-electron chi connectivity index (χ3n) is 3.23. The Morgan fingerprint density at radius 3 is 1.39 bits per heavy atom. The van der Waals surface area contributed by atoms with E-state index in [1.54, 1.807) is 7.11 Å². The molecule has 0 N–H and O–H groups in total. The van der Waals surface area contributed by atoms with Crippen LogP contribution >= 0.6 is 7.81 Å². The SMILES string of the molecule is COc1cccc([S+](c2ccccc2)c2ccccc2)c1.F[P-](F)(F)(F)(F)F. The minimum absolute atomic E-state index is 0.107. The molecule has 0 unspecified atom stereocenters. The number of rotatable bonds is 4. The normalized spacial score (nSPS) is 13.7. The van der Waals surface area contributed by atoms with E-state index in [9.17, 15) is 25.2 Å². The Hall–Kier alpha value is -2.18. The molecule has 0 atom stereocenters. The number of methoxy groups -OCH3 is 1. The van der Waals surface area contributed by atoms with Gasteiger partial charge >= 0.3 is 33.0 Å². The van der Waals surface area contributed by atoms with E-state index < -0.39 is 7.81 Å². The van der Waals surface area contributed by atoms with Gasteiger partial charge < -0.3 is 4.74 Å². The van der Waals surface area contributed by atoms with E-state index in [4.69, 9.17) is 4.74 Å². The van der Waals surface area contributed by atoms with Crippen molar-refractivity contribution >= 4 is 18.7 Å². The predicted octanol–water partition coefficient (Wildman–Crippen LogP) is 8.17. The van der Waals surface area contributed by atoms with Crippen molar-refractivity contribution in [1.29, 1.82) is 0 Å². The molecule has 0 saturated heterocycles. The standard InChI is InChI=1S/C19H17OS.F6P/c1-20-16-9-8-14-19(15-16)21(17-10-4-2-5-11-17)18-12-6-3-7-13-18;1-7(2,3,4,5)6/h2-15H,1H3;/q+1;-1. The quantitative estimate of drug-likeness (QED) is 0.227. The monoisotopic (exact) mass is 438 g/mol. The van der Waals surface area contributed by atoms with E-state index in [0.717, 1.165) is 5.75 Å². The van der Waals surface area contributed by atoms with Gasteiger partial charge in [0.05, 0.1) is 18.0 Å². The maximum absolute atomic E-state index is 10.7. The van der Waals surface area contributed by atoms with Gasteiger partial charge in [0.25, 0.3) is 0 Å². The molecule has 0 bridgehead atoms. The maximum atomic E-state index is 9.87. The number of ether oxygens (including phenoxy) is 1. The molecule has 0 aliphatic carbocycles. The molecule has 9 heteroatoms. The van der Waals surface area contributed by atoms with Crippen LogP contribution in [0.4, 0.5) is 25.2 Å². The van der Waals surface area contributed by atoms with Gasteiger partial charge in [-0.15, -0.1) is 0 Å². The first-order valence-electron chi connectivity index (χ1n) is 7.88. The van der Waals surface area contributed by atoms with Gasteiger partial charge in [-0.25, -0.2) is 0 Å². The molecule has 0 fully saturated rings. The van der Waals surface area contributed by atoms with Gasteiger partial charge in [-0.05, 0) is 36.4 Å². The van der Waals surface area contributed by atoms with Crippen LogP contribution in [-0.4, -0.2) is 7.11 Å². The van der Waals surface area contributed by atoms with Crippen LogP contribution in [0.2, 0.25) is 0 Å². The Morgan fingerprint density at radius 2 is 1.00 bits per heavy atom. The van der Waals surface area contributed by atoms with Gasteiger partial charge in [0, 0.05) is 6.07 Å². The van der Waals surface area contributed by atoms with Crippen molar-refractivity contribution in [1.82, 2.24) is 0 Å². The Balaban J connectivity index is 0.000000345. The van der Waals surface area contributed by atoms with Crippen LogP contribution in [0.15, 0.2) is 99.6 Å². The first-order chi connectivity index (χ1) is 12.8. The number of hydrogen-bond acceptors (Lipinski definition) is 1. The zero-order chi connectivity index (χ0) is 20.9. The summed E-state index contributed by atoms with van der Waals surface area (Å²) in [4.78, 5) is 3.90. The van der Waals surface area contributed by atoms with Gasteiger partial charge in [0.1, 0.15) is 5.75 Å². The summed E-state index contributed by atoms with van der Waals surface area (Å²) >= 11 is 0. The van der Waals surface area contributed by atoms with E-state index in [2.05, 4.69) is 78.9 Å². The summed E-state index contributed by atoms with van der Waals surface area (Å²) in [5.74, 6) is 0.900. The molecule has 3 aromatic rings. The fraction of sp³-hybridized carbons (Fsp3) is 0.0526. The van der Waals surface area contributed by atoms with Gasteiger partial charge in [-0.3, -0.25) is 0 Å². The first kappa shape index (κ1) is 22.1. The van der Waals surface area contributed by atoms with Crippen molar-refractivity contribution in [2.45, 2.75) is 14.7 Å². The molecule has 28 heavy (non-hydrogen) atoms.